The predicted octanol–water partition coefficient (Wildman–Crippen LogP) is 1.25. The van der Waals surface area contributed by atoms with Crippen LogP contribution in [0.1, 0.15) is 5.89 Å². The first-order valence-corrected chi connectivity index (χ1v) is 5.43. The zero-order valence-corrected chi connectivity index (χ0v) is 9.91. The van der Waals surface area contributed by atoms with E-state index in [2.05, 4.69) is 10.1 Å². The Morgan fingerprint density at radius 2 is 2.11 bits per heavy atom. The molecule has 2 rings (SSSR count). The second-order valence-electron chi connectivity index (χ2n) is 3.94. The minimum atomic E-state index is -0.889. The van der Waals surface area contributed by atoms with Crippen molar-refractivity contribution in [1.82, 2.24) is 15.0 Å². The molecule has 6 heteroatoms. The number of carbonyl (C=O) groups is 1. The highest BCUT2D eigenvalue weighted by molar-refractivity contribution is 5.69. The van der Waals surface area contributed by atoms with Gasteiger partial charge in [-0.25, -0.2) is 0 Å². The van der Waals surface area contributed by atoms with Crippen LogP contribution in [-0.4, -0.2) is 39.7 Å². The third-order valence-electron chi connectivity index (χ3n) is 2.31. The number of hydrogen-bond acceptors (Lipinski definition) is 5. The highest BCUT2D eigenvalue weighted by Crippen LogP contribution is 2.15. The number of aromatic nitrogens is 2. The van der Waals surface area contributed by atoms with Crippen LogP contribution < -0.4 is 0 Å². The summed E-state index contributed by atoms with van der Waals surface area (Å²) in [5.74, 6) is 0.0206. The van der Waals surface area contributed by atoms with E-state index in [0.717, 1.165) is 5.56 Å². The topological polar surface area (TPSA) is 79.5 Å². The summed E-state index contributed by atoms with van der Waals surface area (Å²) in [7, 11) is 1.68. The quantitative estimate of drug-likeness (QED) is 0.856. The molecular formula is C12H13N3O3. The lowest BCUT2D eigenvalue weighted by molar-refractivity contribution is -0.138. The van der Waals surface area contributed by atoms with Crippen LogP contribution in [0.4, 0.5) is 0 Å². The molecule has 0 fully saturated rings. The monoisotopic (exact) mass is 247 g/mol. The van der Waals surface area contributed by atoms with Gasteiger partial charge < -0.3 is 9.63 Å². The van der Waals surface area contributed by atoms with Crippen molar-refractivity contribution in [2.24, 2.45) is 0 Å². The van der Waals surface area contributed by atoms with E-state index in [1.54, 1.807) is 11.9 Å². The Morgan fingerprint density at radius 1 is 1.39 bits per heavy atom. The number of aliphatic carboxylic acids is 1. The van der Waals surface area contributed by atoms with Crippen LogP contribution in [0.3, 0.4) is 0 Å². The van der Waals surface area contributed by atoms with Gasteiger partial charge in [0.05, 0.1) is 13.1 Å². The summed E-state index contributed by atoms with van der Waals surface area (Å²) in [6, 6.07) is 9.46. The van der Waals surface area contributed by atoms with Gasteiger partial charge in [-0.05, 0) is 7.05 Å². The lowest BCUT2D eigenvalue weighted by atomic mass is 10.2. The fourth-order valence-electron chi connectivity index (χ4n) is 1.54. The van der Waals surface area contributed by atoms with Crippen LogP contribution in [0.25, 0.3) is 11.4 Å². The fraction of sp³-hybridized carbons (Fsp3) is 0.250. The molecule has 0 aliphatic carbocycles. The van der Waals surface area contributed by atoms with Gasteiger partial charge >= 0.3 is 5.97 Å². The predicted molar refractivity (Wildman–Crippen MR) is 63.7 cm³/mol. The van der Waals surface area contributed by atoms with Crippen LogP contribution >= 0.6 is 0 Å². The molecule has 94 valence electrons. The van der Waals surface area contributed by atoms with Crippen molar-refractivity contribution in [3.63, 3.8) is 0 Å². The number of hydrogen-bond donors (Lipinski definition) is 1. The van der Waals surface area contributed by atoms with Crippen molar-refractivity contribution in [3.8, 4) is 11.4 Å². The van der Waals surface area contributed by atoms with Crippen LogP contribution in [0, 0.1) is 0 Å². The first kappa shape index (κ1) is 12.3. The van der Waals surface area contributed by atoms with Crippen molar-refractivity contribution >= 4 is 5.97 Å². The van der Waals surface area contributed by atoms with Gasteiger partial charge in [-0.1, -0.05) is 35.5 Å². The molecule has 18 heavy (non-hydrogen) atoms. The molecule has 0 aliphatic rings. The first-order chi connectivity index (χ1) is 8.65. The third kappa shape index (κ3) is 3.14. The van der Waals surface area contributed by atoms with E-state index < -0.39 is 5.97 Å². The van der Waals surface area contributed by atoms with Crippen LogP contribution in [0.2, 0.25) is 0 Å². The SMILES string of the molecule is CN(CC(=O)O)Cc1nc(-c2ccccc2)no1. The Labute approximate surface area is 104 Å². The number of carboxylic acids is 1. The number of rotatable bonds is 5. The second kappa shape index (κ2) is 5.42. The molecule has 0 atom stereocenters. The molecule has 0 aliphatic heterocycles. The van der Waals surface area contributed by atoms with Crippen molar-refractivity contribution < 1.29 is 14.4 Å². The summed E-state index contributed by atoms with van der Waals surface area (Å²) in [6.45, 7) is 0.245. The van der Waals surface area contributed by atoms with Gasteiger partial charge in [0.15, 0.2) is 0 Å². The Kier molecular flexibility index (Phi) is 3.69. The van der Waals surface area contributed by atoms with E-state index in [1.165, 1.54) is 0 Å². The standard InChI is InChI=1S/C12H13N3O3/c1-15(8-11(16)17)7-10-13-12(14-18-10)9-5-3-2-4-6-9/h2-6H,7-8H2,1H3,(H,16,17). The third-order valence-corrected chi connectivity index (χ3v) is 2.31. The summed E-state index contributed by atoms with van der Waals surface area (Å²) in [5.41, 5.74) is 0.869. The van der Waals surface area contributed by atoms with Gasteiger partial charge in [0, 0.05) is 5.56 Å². The zero-order chi connectivity index (χ0) is 13.0. The maximum Gasteiger partial charge on any atom is 0.317 e. The molecule has 1 aromatic heterocycles. The molecule has 0 spiro atoms. The largest absolute Gasteiger partial charge is 0.480 e. The van der Waals surface area contributed by atoms with E-state index >= 15 is 0 Å². The highest BCUT2D eigenvalue weighted by atomic mass is 16.5. The second-order valence-corrected chi connectivity index (χ2v) is 3.94. The molecule has 0 saturated carbocycles. The van der Waals surface area contributed by atoms with E-state index in [-0.39, 0.29) is 6.54 Å². The average Bonchev–Trinajstić information content (AvgIpc) is 2.77. The minimum Gasteiger partial charge on any atom is -0.480 e. The van der Waals surface area contributed by atoms with Crippen molar-refractivity contribution in [3.05, 3.63) is 36.2 Å². The average molecular weight is 247 g/mol. The van der Waals surface area contributed by atoms with E-state index in [1.807, 2.05) is 30.3 Å². The van der Waals surface area contributed by atoms with Crippen molar-refractivity contribution in [2.45, 2.75) is 6.54 Å². The maximum atomic E-state index is 10.5. The number of carboxylic acid groups (broad SMARTS) is 1. The summed E-state index contributed by atoms with van der Waals surface area (Å²) < 4.78 is 5.08. The molecule has 1 N–H and O–H groups in total. The first-order valence-electron chi connectivity index (χ1n) is 5.43. The molecule has 1 heterocycles. The summed E-state index contributed by atoms with van der Waals surface area (Å²) in [6.07, 6.45) is 0. The molecular weight excluding hydrogens is 234 g/mol. The van der Waals surface area contributed by atoms with Crippen LogP contribution in [0.5, 0.6) is 0 Å². The van der Waals surface area contributed by atoms with Crippen LogP contribution in [0.15, 0.2) is 34.9 Å². The number of likely N-dealkylation sites (N-methyl/N-ethyl adjacent to an activating group) is 1. The number of nitrogens with zero attached hydrogens (tertiary/aromatic N) is 3. The molecule has 1 aromatic carbocycles. The fourth-order valence-corrected chi connectivity index (χ4v) is 1.54. The summed E-state index contributed by atoms with van der Waals surface area (Å²) >= 11 is 0. The molecule has 6 nitrogen and oxygen atoms in total. The Bertz CT molecular complexity index is 524. The van der Waals surface area contributed by atoms with Gasteiger partial charge in [-0.2, -0.15) is 4.98 Å². The lowest BCUT2D eigenvalue weighted by Crippen LogP contribution is -2.25. The normalized spacial score (nSPS) is 10.8. The summed E-state index contributed by atoms with van der Waals surface area (Å²) in [5, 5.41) is 12.5. The lowest BCUT2D eigenvalue weighted by Gasteiger charge is -2.09. The van der Waals surface area contributed by atoms with Gasteiger partial charge in [-0.15, -0.1) is 0 Å². The molecule has 0 unspecified atom stereocenters. The van der Waals surface area contributed by atoms with Crippen molar-refractivity contribution in [1.29, 1.82) is 0 Å². The molecule has 0 bridgehead atoms. The van der Waals surface area contributed by atoms with Crippen LogP contribution in [-0.2, 0) is 11.3 Å². The smallest absolute Gasteiger partial charge is 0.317 e. The Balaban J connectivity index is 2.05. The highest BCUT2D eigenvalue weighted by Gasteiger charge is 2.11. The van der Waals surface area contributed by atoms with Gasteiger partial charge in [0.2, 0.25) is 11.7 Å². The molecule has 0 saturated heterocycles. The van der Waals surface area contributed by atoms with Gasteiger partial charge in [0.25, 0.3) is 0 Å². The van der Waals surface area contributed by atoms with Gasteiger partial charge in [-0.3, -0.25) is 9.69 Å². The molecule has 0 amide bonds. The van der Waals surface area contributed by atoms with E-state index in [4.69, 9.17) is 9.63 Å². The van der Waals surface area contributed by atoms with Crippen molar-refractivity contribution in [2.75, 3.05) is 13.6 Å². The van der Waals surface area contributed by atoms with E-state index in [9.17, 15) is 4.79 Å². The maximum absolute atomic E-state index is 10.5. The molecule has 0 radical (unpaired) electrons. The minimum absolute atomic E-state index is 0.0664. The summed E-state index contributed by atoms with van der Waals surface area (Å²) in [4.78, 5) is 16.3. The Morgan fingerprint density at radius 3 is 2.78 bits per heavy atom. The van der Waals surface area contributed by atoms with E-state index in [0.29, 0.717) is 18.3 Å². The number of benzene rings is 1. The molecule has 2 aromatic rings. The van der Waals surface area contributed by atoms with Gasteiger partial charge in [0.1, 0.15) is 0 Å². The zero-order valence-electron chi connectivity index (χ0n) is 9.91. The Hall–Kier alpha value is -2.21.